The minimum absolute atomic E-state index is 0.00300. The van der Waals surface area contributed by atoms with Gasteiger partial charge in [0.25, 0.3) is 5.91 Å². The van der Waals surface area contributed by atoms with Gasteiger partial charge in [0.15, 0.2) is 6.61 Å². The number of amides is 3. The molecule has 1 saturated carbocycles. The molecule has 130 valence electrons. The van der Waals surface area contributed by atoms with Gasteiger partial charge in [-0.25, -0.2) is 9.59 Å². The molecule has 2 N–H and O–H groups in total. The van der Waals surface area contributed by atoms with E-state index in [1.165, 1.54) is 0 Å². The van der Waals surface area contributed by atoms with Crippen LogP contribution < -0.4 is 10.6 Å². The highest BCUT2D eigenvalue weighted by atomic mass is 32.2. The smallest absolute Gasteiger partial charge is 0.446 e. The van der Waals surface area contributed by atoms with Gasteiger partial charge in [-0.2, -0.15) is 13.2 Å². The molecule has 6 nitrogen and oxygen atoms in total. The fourth-order valence-corrected chi connectivity index (χ4v) is 2.16. The average Bonchev–Trinajstić information content (AvgIpc) is 3.27. The molecule has 0 saturated heterocycles. The molecule has 10 heteroatoms. The molecule has 1 aromatic carbocycles. The first kappa shape index (κ1) is 18.1. The monoisotopic (exact) mass is 362 g/mol. The van der Waals surface area contributed by atoms with Crippen LogP contribution in [0.25, 0.3) is 0 Å². The number of benzene rings is 1. The maximum atomic E-state index is 12.2. The standard InChI is InChI=1S/C14H13F3N2O4S/c15-14(16,17)24-10-5-1-8(2-6-10)12(21)23-7-11(20)19-13(22)18-9-3-4-9/h1-2,5-6,9H,3-4,7H2,(H2,18,19,20,22). The highest BCUT2D eigenvalue weighted by molar-refractivity contribution is 8.00. The van der Waals surface area contributed by atoms with E-state index in [-0.39, 0.29) is 28.3 Å². The number of imide groups is 1. The fourth-order valence-electron chi connectivity index (χ4n) is 1.62. The number of urea groups is 1. The number of thioether (sulfide) groups is 1. The summed E-state index contributed by atoms with van der Waals surface area (Å²) in [5, 5.41) is 4.52. The van der Waals surface area contributed by atoms with Crippen molar-refractivity contribution in [3.63, 3.8) is 0 Å². The molecule has 0 unspecified atom stereocenters. The zero-order valence-corrected chi connectivity index (χ0v) is 13.0. The second-order valence-electron chi connectivity index (χ2n) is 4.94. The van der Waals surface area contributed by atoms with Crippen molar-refractivity contribution in [2.45, 2.75) is 29.3 Å². The van der Waals surface area contributed by atoms with E-state index in [9.17, 15) is 27.6 Å². The second kappa shape index (κ2) is 7.56. The van der Waals surface area contributed by atoms with E-state index in [4.69, 9.17) is 4.74 Å². The lowest BCUT2D eigenvalue weighted by molar-refractivity contribution is -0.123. The van der Waals surface area contributed by atoms with Crippen molar-refractivity contribution in [1.82, 2.24) is 10.6 Å². The summed E-state index contributed by atoms with van der Waals surface area (Å²) in [6.07, 6.45) is 1.72. The fraction of sp³-hybridized carbons (Fsp3) is 0.357. The summed E-state index contributed by atoms with van der Waals surface area (Å²) >= 11 is -0.305. The van der Waals surface area contributed by atoms with E-state index in [1.807, 2.05) is 5.32 Å². The van der Waals surface area contributed by atoms with E-state index < -0.39 is 30.0 Å². The zero-order valence-electron chi connectivity index (χ0n) is 12.2. The first-order valence-corrected chi connectivity index (χ1v) is 7.68. The minimum atomic E-state index is -4.42. The van der Waals surface area contributed by atoms with Crippen molar-refractivity contribution in [1.29, 1.82) is 0 Å². The minimum Gasteiger partial charge on any atom is -0.452 e. The molecule has 1 aliphatic carbocycles. The molecule has 1 aromatic rings. The van der Waals surface area contributed by atoms with Crippen LogP contribution in [0.1, 0.15) is 23.2 Å². The number of esters is 1. The van der Waals surface area contributed by atoms with Crippen LogP contribution in [0, 0.1) is 0 Å². The normalized spacial score (nSPS) is 14.0. The molecule has 0 atom stereocenters. The van der Waals surface area contributed by atoms with Crippen LogP contribution in [0.3, 0.4) is 0 Å². The summed E-state index contributed by atoms with van der Waals surface area (Å²) in [4.78, 5) is 34.3. The molecule has 2 rings (SSSR count). The van der Waals surface area contributed by atoms with Crippen LogP contribution in [-0.4, -0.2) is 36.1 Å². The molecule has 1 aliphatic rings. The van der Waals surface area contributed by atoms with Gasteiger partial charge >= 0.3 is 17.5 Å². The molecule has 24 heavy (non-hydrogen) atoms. The van der Waals surface area contributed by atoms with Crippen LogP contribution in [0.4, 0.5) is 18.0 Å². The van der Waals surface area contributed by atoms with Crippen molar-refractivity contribution in [3.8, 4) is 0 Å². The van der Waals surface area contributed by atoms with Gasteiger partial charge in [-0.05, 0) is 48.9 Å². The van der Waals surface area contributed by atoms with Crippen molar-refractivity contribution >= 4 is 29.7 Å². The van der Waals surface area contributed by atoms with Gasteiger partial charge in [0.05, 0.1) is 5.56 Å². The molecule has 0 heterocycles. The molecule has 1 fully saturated rings. The maximum Gasteiger partial charge on any atom is 0.446 e. The van der Waals surface area contributed by atoms with Crippen molar-refractivity contribution in [2.75, 3.05) is 6.61 Å². The van der Waals surface area contributed by atoms with Gasteiger partial charge in [0, 0.05) is 10.9 Å². The summed E-state index contributed by atoms with van der Waals surface area (Å²) in [6.45, 7) is -0.671. The molecule has 0 bridgehead atoms. The number of carbonyl (C=O) groups is 3. The summed E-state index contributed by atoms with van der Waals surface area (Å²) in [5.74, 6) is -1.68. The topological polar surface area (TPSA) is 84.5 Å². The third kappa shape index (κ3) is 6.49. The van der Waals surface area contributed by atoms with E-state index in [0.29, 0.717) is 0 Å². The van der Waals surface area contributed by atoms with Crippen molar-refractivity contribution < 1.29 is 32.3 Å². The Balaban J connectivity index is 1.77. The molecular formula is C14H13F3N2O4S. The third-order valence-electron chi connectivity index (χ3n) is 2.82. The van der Waals surface area contributed by atoms with Gasteiger partial charge in [-0.15, -0.1) is 0 Å². The number of ether oxygens (including phenoxy) is 1. The number of carbonyl (C=O) groups excluding carboxylic acids is 3. The van der Waals surface area contributed by atoms with Crippen LogP contribution >= 0.6 is 11.8 Å². The molecule has 0 aliphatic heterocycles. The quantitative estimate of drug-likeness (QED) is 0.621. The van der Waals surface area contributed by atoms with Gasteiger partial charge in [0.1, 0.15) is 0 Å². The Morgan fingerprint density at radius 3 is 2.33 bits per heavy atom. The van der Waals surface area contributed by atoms with Gasteiger partial charge in [0.2, 0.25) is 0 Å². The Morgan fingerprint density at radius 1 is 1.17 bits per heavy atom. The molecule has 0 radical (unpaired) electrons. The number of nitrogens with one attached hydrogen (secondary N) is 2. The van der Waals surface area contributed by atoms with Gasteiger partial charge in [-0.3, -0.25) is 10.1 Å². The molecule has 3 amide bonds. The highest BCUT2D eigenvalue weighted by Crippen LogP contribution is 2.36. The number of halogens is 3. The number of alkyl halides is 3. The Bertz CT molecular complexity index is 630. The lowest BCUT2D eigenvalue weighted by Gasteiger charge is -2.08. The number of rotatable bonds is 5. The van der Waals surface area contributed by atoms with Crippen molar-refractivity contribution in [3.05, 3.63) is 29.8 Å². The summed E-state index contributed by atoms with van der Waals surface area (Å²) in [6, 6.07) is 3.98. The van der Waals surface area contributed by atoms with Crippen LogP contribution in [-0.2, 0) is 9.53 Å². The van der Waals surface area contributed by atoms with Crippen LogP contribution in [0.2, 0.25) is 0 Å². The van der Waals surface area contributed by atoms with E-state index >= 15 is 0 Å². The molecular weight excluding hydrogens is 349 g/mol. The SMILES string of the molecule is O=C(COC(=O)c1ccc(SC(F)(F)F)cc1)NC(=O)NC1CC1. The Morgan fingerprint density at radius 2 is 1.79 bits per heavy atom. The summed E-state index contributed by atoms with van der Waals surface area (Å²) in [5.41, 5.74) is -4.42. The summed E-state index contributed by atoms with van der Waals surface area (Å²) < 4.78 is 41.3. The average molecular weight is 362 g/mol. The van der Waals surface area contributed by atoms with E-state index in [2.05, 4.69) is 5.32 Å². The second-order valence-corrected chi connectivity index (χ2v) is 6.08. The summed E-state index contributed by atoms with van der Waals surface area (Å²) in [7, 11) is 0. The van der Waals surface area contributed by atoms with Gasteiger partial charge < -0.3 is 10.1 Å². The number of hydrogen-bond donors (Lipinski definition) is 2. The highest BCUT2D eigenvalue weighted by Gasteiger charge is 2.29. The zero-order chi connectivity index (χ0) is 17.7. The first-order valence-electron chi connectivity index (χ1n) is 6.86. The Hall–Kier alpha value is -2.23. The predicted molar refractivity (Wildman–Crippen MR) is 78.3 cm³/mol. The Kier molecular flexibility index (Phi) is 5.71. The van der Waals surface area contributed by atoms with Crippen LogP contribution in [0.5, 0.6) is 0 Å². The Labute approximate surface area is 139 Å². The van der Waals surface area contributed by atoms with E-state index in [0.717, 1.165) is 37.1 Å². The van der Waals surface area contributed by atoms with E-state index in [1.54, 1.807) is 0 Å². The molecule has 0 aromatic heterocycles. The number of hydrogen-bond acceptors (Lipinski definition) is 5. The lowest BCUT2D eigenvalue weighted by atomic mass is 10.2. The lowest BCUT2D eigenvalue weighted by Crippen LogP contribution is -2.42. The van der Waals surface area contributed by atoms with Crippen molar-refractivity contribution in [2.24, 2.45) is 0 Å². The third-order valence-corrected chi connectivity index (χ3v) is 3.56. The van der Waals surface area contributed by atoms with Crippen LogP contribution in [0.15, 0.2) is 29.2 Å². The van der Waals surface area contributed by atoms with Gasteiger partial charge in [-0.1, -0.05) is 0 Å². The largest absolute Gasteiger partial charge is 0.452 e. The molecule has 0 spiro atoms. The predicted octanol–water partition coefficient (Wildman–Crippen LogP) is 2.44. The maximum absolute atomic E-state index is 12.2. The first-order chi connectivity index (χ1) is 11.2.